The van der Waals surface area contributed by atoms with Gasteiger partial charge in [-0.2, -0.15) is 0 Å². The second-order valence-corrected chi connectivity index (χ2v) is 11.8. The molecule has 0 aliphatic carbocycles. The van der Waals surface area contributed by atoms with Crippen LogP contribution in [0, 0.1) is 0 Å². The summed E-state index contributed by atoms with van der Waals surface area (Å²) < 4.78 is 29.0. The van der Waals surface area contributed by atoms with Crippen LogP contribution in [0.15, 0.2) is 51.2 Å². The fraction of sp³-hybridized carbons (Fsp3) is 0.469. The monoisotopic (exact) mass is 646 g/mol. The summed E-state index contributed by atoms with van der Waals surface area (Å²) in [7, 11) is 0. The van der Waals surface area contributed by atoms with E-state index in [1.807, 2.05) is 13.8 Å². The molecule has 250 valence electrons. The summed E-state index contributed by atoms with van der Waals surface area (Å²) in [6, 6.07) is 6.56. The van der Waals surface area contributed by atoms with Crippen LogP contribution in [0.1, 0.15) is 33.3 Å². The number of hydrogen-bond acceptors (Lipinski definition) is 14. The molecule has 0 radical (unpaired) electrons. The molecule has 2 aliphatic heterocycles. The van der Waals surface area contributed by atoms with Gasteiger partial charge < -0.3 is 64.2 Å². The first-order valence-electron chi connectivity index (χ1n) is 14.7. The van der Waals surface area contributed by atoms with Gasteiger partial charge in [-0.15, -0.1) is 0 Å². The topological polar surface area (TPSA) is 229 Å². The number of fused-ring (bicyclic) bond motifs is 1. The van der Waals surface area contributed by atoms with Gasteiger partial charge in [0.1, 0.15) is 64.8 Å². The fourth-order valence-corrected chi connectivity index (χ4v) is 5.47. The molecule has 0 spiro atoms. The lowest BCUT2D eigenvalue weighted by atomic mass is 9.97. The van der Waals surface area contributed by atoms with Crippen LogP contribution in [-0.4, -0.2) is 102 Å². The standard InChI is InChI=1S/C32H38O14/c1-12(2)5-10-17-18(34)11-19(35)20-22(37)30(28(44-29(17)20)15-6-8-16(33)9-7-15)46-32-26(41)24(39)27(14(4)43-32)45-31-25(40)23(38)21(36)13(3)42-31/h5-9,11,13-14,21,23-27,31-36,38-41H,10H2,1-4H3. The quantitative estimate of drug-likeness (QED) is 0.168. The highest BCUT2D eigenvalue weighted by Gasteiger charge is 2.50. The predicted molar refractivity (Wildman–Crippen MR) is 160 cm³/mol. The molecule has 46 heavy (non-hydrogen) atoms. The number of phenolic OH excluding ortho intramolecular Hbond substituents is 3. The minimum absolute atomic E-state index is 0.0774. The zero-order chi connectivity index (χ0) is 33.6. The second kappa shape index (κ2) is 13.2. The van der Waals surface area contributed by atoms with E-state index in [-0.39, 0.29) is 45.8 Å². The van der Waals surface area contributed by atoms with E-state index in [9.17, 15) is 45.6 Å². The van der Waals surface area contributed by atoms with Crippen LogP contribution in [0.2, 0.25) is 0 Å². The van der Waals surface area contributed by atoms with Crippen molar-refractivity contribution in [2.24, 2.45) is 0 Å². The zero-order valence-electron chi connectivity index (χ0n) is 25.5. The number of phenols is 3. The van der Waals surface area contributed by atoms with Crippen LogP contribution < -0.4 is 10.2 Å². The van der Waals surface area contributed by atoms with Gasteiger partial charge in [0.25, 0.3) is 0 Å². The van der Waals surface area contributed by atoms with E-state index in [0.29, 0.717) is 0 Å². The zero-order valence-corrected chi connectivity index (χ0v) is 25.5. The molecule has 3 aromatic rings. The van der Waals surface area contributed by atoms with Crippen molar-refractivity contribution in [3.05, 3.63) is 57.8 Å². The van der Waals surface area contributed by atoms with Gasteiger partial charge in [0.15, 0.2) is 12.1 Å². The molecule has 2 aliphatic rings. The highest BCUT2D eigenvalue weighted by atomic mass is 16.7. The number of benzene rings is 2. The van der Waals surface area contributed by atoms with Gasteiger partial charge in [0, 0.05) is 17.2 Å². The molecule has 2 saturated heterocycles. The van der Waals surface area contributed by atoms with Gasteiger partial charge in [-0.1, -0.05) is 11.6 Å². The third-order valence-corrected chi connectivity index (χ3v) is 8.14. The minimum atomic E-state index is -1.85. The molecular weight excluding hydrogens is 608 g/mol. The largest absolute Gasteiger partial charge is 0.508 e. The van der Waals surface area contributed by atoms with E-state index < -0.39 is 78.3 Å². The summed E-state index contributed by atoms with van der Waals surface area (Å²) in [6.45, 7) is 6.62. The Kier molecular flexibility index (Phi) is 9.63. The molecule has 0 bridgehead atoms. The highest BCUT2D eigenvalue weighted by molar-refractivity contribution is 5.91. The summed E-state index contributed by atoms with van der Waals surface area (Å²) in [4.78, 5) is 14.0. The Hall–Kier alpha value is -3.73. The van der Waals surface area contributed by atoms with Crippen LogP contribution in [0.3, 0.4) is 0 Å². The fourth-order valence-electron chi connectivity index (χ4n) is 5.47. The molecule has 0 saturated carbocycles. The Balaban J connectivity index is 1.53. The smallest absolute Gasteiger partial charge is 0.239 e. The number of aliphatic hydroxyl groups is 5. The SMILES string of the molecule is CC(C)=CCc1c(O)cc(O)c2c(=O)c(OC3OC(C)C(OC4OC(C)C(O)C(O)C4O)C(O)C3O)c(-c3ccc(O)cc3)oc12. The van der Waals surface area contributed by atoms with Crippen molar-refractivity contribution >= 4 is 11.0 Å². The van der Waals surface area contributed by atoms with E-state index in [1.54, 1.807) is 6.08 Å². The van der Waals surface area contributed by atoms with E-state index in [4.69, 9.17) is 23.4 Å². The maximum Gasteiger partial charge on any atom is 0.239 e. The lowest BCUT2D eigenvalue weighted by molar-refractivity contribution is -0.345. The van der Waals surface area contributed by atoms with Crippen LogP contribution in [0.5, 0.6) is 23.0 Å². The Morgan fingerprint density at radius 3 is 2.11 bits per heavy atom. The molecule has 2 fully saturated rings. The third kappa shape index (κ3) is 6.30. The average Bonchev–Trinajstić information content (AvgIpc) is 3.00. The van der Waals surface area contributed by atoms with E-state index in [1.165, 1.54) is 38.1 Å². The Labute approximate surface area is 262 Å². The van der Waals surface area contributed by atoms with Crippen LogP contribution in [0.4, 0.5) is 0 Å². The normalized spacial score (nSPS) is 31.5. The van der Waals surface area contributed by atoms with E-state index >= 15 is 0 Å². The number of hydrogen-bond donors (Lipinski definition) is 8. The molecule has 10 unspecified atom stereocenters. The molecule has 2 aromatic carbocycles. The summed E-state index contributed by atoms with van der Waals surface area (Å²) in [5.41, 5.74) is 0.399. The number of aromatic hydroxyl groups is 3. The molecule has 14 nitrogen and oxygen atoms in total. The summed E-state index contributed by atoms with van der Waals surface area (Å²) in [6.07, 6.45) is -12.8. The third-order valence-electron chi connectivity index (χ3n) is 8.14. The van der Waals surface area contributed by atoms with Gasteiger partial charge in [-0.3, -0.25) is 4.79 Å². The number of rotatable bonds is 7. The van der Waals surface area contributed by atoms with E-state index in [0.717, 1.165) is 11.6 Å². The first kappa shape index (κ1) is 33.6. The van der Waals surface area contributed by atoms with Crippen molar-refractivity contribution in [3.63, 3.8) is 0 Å². The van der Waals surface area contributed by atoms with Gasteiger partial charge in [0.05, 0.1) is 12.2 Å². The van der Waals surface area contributed by atoms with Crippen molar-refractivity contribution < 1.29 is 64.2 Å². The maximum absolute atomic E-state index is 14.0. The molecule has 3 heterocycles. The van der Waals surface area contributed by atoms with Gasteiger partial charge in [0.2, 0.25) is 17.5 Å². The predicted octanol–water partition coefficient (Wildman–Crippen LogP) is 1.14. The Bertz CT molecular complexity index is 1650. The molecule has 8 N–H and O–H groups in total. The van der Waals surface area contributed by atoms with Gasteiger partial charge >= 0.3 is 0 Å². The minimum Gasteiger partial charge on any atom is -0.508 e. The number of ether oxygens (including phenoxy) is 4. The Morgan fingerprint density at radius 2 is 1.46 bits per heavy atom. The van der Waals surface area contributed by atoms with Crippen LogP contribution >= 0.6 is 0 Å². The number of allylic oxidation sites excluding steroid dienone is 2. The van der Waals surface area contributed by atoms with Crippen LogP contribution in [-0.2, 0) is 20.6 Å². The first-order valence-corrected chi connectivity index (χ1v) is 14.7. The first-order chi connectivity index (χ1) is 21.7. The lowest BCUT2D eigenvalue weighted by Crippen LogP contribution is -2.63. The molecule has 1 aromatic heterocycles. The summed E-state index contributed by atoms with van der Waals surface area (Å²) in [5, 5.41) is 83.5. The molecule has 0 amide bonds. The van der Waals surface area contributed by atoms with Crippen molar-refractivity contribution in [1.82, 2.24) is 0 Å². The van der Waals surface area contributed by atoms with Crippen molar-refractivity contribution in [3.8, 4) is 34.3 Å². The lowest BCUT2D eigenvalue weighted by Gasteiger charge is -2.45. The number of aliphatic hydroxyl groups excluding tert-OH is 5. The van der Waals surface area contributed by atoms with Crippen molar-refractivity contribution in [1.29, 1.82) is 0 Å². The van der Waals surface area contributed by atoms with Gasteiger partial charge in [-0.05, 0) is 58.4 Å². The maximum atomic E-state index is 14.0. The molecular formula is C32H38O14. The van der Waals surface area contributed by atoms with Crippen molar-refractivity contribution in [2.45, 2.75) is 95.5 Å². The summed E-state index contributed by atoms with van der Waals surface area (Å²) in [5.74, 6) is -1.67. The van der Waals surface area contributed by atoms with E-state index in [2.05, 4.69) is 0 Å². The molecule has 14 heteroatoms. The Morgan fingerprint density at radius 1 is 0.826 bits per heavy atom. The van der Waals surface area contributed by atoms with Crippen LogP contribution in [0.25, 0.3) is 22.3 Å². The van der Waals surface area contributed by atoms with Gasteiger partial charge in [-0.25, -0.2) is 0 Å². The van der Waals surface area contributed by atoms with Crippen molar-refractivity contribution in [2.75, 3.05) is 0 Å². The molecule has 10 atom stereocenters. The highest BCUT2D eigenvalue weighted by Crippen LogP contribution is 2.40. The molecule has 5 rings (SSSR count). The average molecular weight is 647 g/mol. The summed E-state index contributed by atoms with van der Waals surface area (Å²) >= 11 is 0. The second-order valence-electron chi connectivity index (χ2n) is 11.8.